The van der Waals surface area contributed by atoms with Gasteiger partial charge < -0.3 is 15.9 Å². The number of benzene rings is 1. The molecular formula is C31H40FN3O7. The van der Waals surface area contributed by atoms with Gasteiger partial charge in [0.25, 0.3) is 0 Å². The third-order valence-corrected chi connectivity index (χ3v) is 10.6. The van der Waals surface area contributed by atoms with E-state index >= 15 is 4.39 Å². The molecular weight excluding hydrogens is 545 g/mol. The van der Waals surface area contributed by atoms with Crippen molar-refractivity contribution in [2.45, 2.75) is 70.6 Å². The molecule has 1 aromatic carbocycles. The van der Waals surface area contributed by atoms with Crippen molar-refractivity contribution in [2.75, 3.05) is 27.2 Å². The maximum atomic E-state index is 16.2. The Hall–Kier alpha value is -3.02. The van der Waals surface area contributed by atoms with Crippen LogP contribution in [0.1, 0.15) is 67.4 Å². The van der Waals surface area contributed by atoms with Crippen LogP contribution in [0.25, 0.3) is 0 Å². The summed E-state index contributed by atoms with van der Waals surface area (Å²) < 4.78 is 16.2. The lowest BCUT2D eigenvalue weighted by molar-refractivity contribution is -0.181. The number of likely N-dealkylation sites (N-methyl/N-ethyl adjacent to an activating group) is 1. The van der Waals surface area contributed by atoms with Gasteiger partial charge in [-0.1, -0.05) is 20.3 Å². The zero-order valence-electron chi connectivity index (χ0n) is 24.6. The van der Waals surface area contributed by atoms with Gasteiger partial charge in [0.1, 0.15) is 11.6 Å². The van der Waals surface area contributed by atoms with Crippen LogP contribution >= 0.6 is 0 Å². The van der Waals surface area contributed by atoms with E-state index < -0.39 is 75.9 Å². The van der Waals surface area contributed by atoms with Crippen molar-refractivity contribution < 1.29 is 38.6 Å². The monoisotopic (exact) mass is 585 g/mol. The smallest absolute Gasteiger partial charge is 0.235 e. The molecule has 2 unspecified atom stereocenters. The SMILES string of the molecule is CCN(Cc1cc(O)c2c(c1F)C[C@H]1C[C@H]3[C@H](N(C)C)C(=O)C(C(N)=O)C(=O)[C@@]3(O)C(=O)C1C2=O)CC1(CC)CCC1. The second-order valence-corrected chi connectivity index (χ2v) is 13.0. The van der Waals surface area contributed by atoms with Crippen LogP contribution in [0.4, 0.5) is 4.39 Å². The van der Waals surface area contributed by atoms with Crippen LogP contribution in [-0.2, 0) is 32.1 Å². The Labute approximate surface area is 244 Å². The molecule has 0 spiro atoms. The van der Waals surface area contributed by atoms with E-state index in [1.807, 2.05) is 6.92 Å². The summed E-state index contributed by atoms with van der Waals surface area (Å²) in [6, 6.07) is 0.0289. The van der Waals surface area contributed by atoms with Gasteiger partial charge in [0, 0.05) is 30.1 Å². The molecule has 0 aliphatic heterocycles. The molecule has 228 valence electrons. The Morgan fingerprint density at radius 1 is 1.14 bits per heavy atom. The fourth-order valence-electron chi connectivity index (χ4n) is 8.12. The van der Waals surface area contributed by atoms with E-state index in [2.05, 4.69) is 11.8 Å². The Morgan fingerprint density at radius 2 is 1.81 bits per heavy atom. The summed E-state index contributed by atoms with van der Waals surface area (Å²) >= 11 is 0. The first-order valence-corrected chi connectivity index (χ1v) is 14.8. The zero-order chi connectivity index (χ0) is 30.9. The molecule has 42 heavy (non-hydrogen) atoms. The highest BCUT2D eigenvalue weighted by molar-refractivity contribution is 6.32. The summed E-state index contributed by atoms with van der Waals surface area (Å²) in [6.07, 6.45) is 4.23. The highest BCUT2D eigenvalue weighted by Crippen LogP contribution is 2.51. The number of ketones is 4. The molecule has 0 bridgehead atoms. The van der Waals surface area contributed by atoms with Gasteiger partial charge in [-0.15, -0.1) is 0 Å². The van der Waals surface area contributed by atoms with Crippen molar-refractivity contribution in [2.24, 2.45) is 34.8 Å². The summed E-state index contributed by atoms with van der Waals surface area (Å²) in [6.45, 7) is 5.88. The van der Waals surface area contributed by atoms with Crippen molar-refractivity contribution in [3.05, 3.63) is 28.6 Å². The van der Waals surface area contributed by atoms with Crippen LogP contribution in [0.5, 0.6) is 5.75 Å². The Balaban J connectivity index is 1.52. The largest absolute Gasteiger partial charge is 0.507 e. The predicted octanol–water partition coefficient (Wildman–Crippen LogP) is 1.41. The van der Waals surface area contributed by atoms with Gasteiger partial charge in [0.15, 0.2) is 34.7 Å². The number of nitrogens with two attached hydrogens (primary N) is 1. The number of fused-ring (bicyclic) bond motifs is 3. The molecule has 3 fully saturated rings. The number of aliphatic hydroxyl groups is 1. The number of amides is 1. The van der Waals surface area contributed by atoms with E-state index in [0.717, 1.165) is 25.8 Å². The van der Waals surface area contributed by atoms with Gasteiger partial charge in [-0.25, -0.2) is 4.39 Å². The quantitative estimate of drug-likeness (QED) is 0.384. The van der Waals surface area contributed by atoms with E-state index in [-0.39, 0.29) is 41.5 Å². The van der Waals surface area contributed by atoms with Crippen molar-refractivity contribution in [3.63, 3.8) is 0 Å². The number of carbonyl (C=O) groups excluding carboxylic acids is 5. The van der Waals surface area contributed by atoms with Crippen molar-refractivity contribution in [1.82, 2.24) is 9.80 Å². The summed E-state index contributed by atoms with van der Waals surface area (Å²) in [5, 5.41) is 22.6. The van der Waals surface area contributed by atoms with Crippen LogP contribution in [0.15, 0.2) is 6.07 Å². The molecule has 1 aromatic rings. The Morgan fingerprint density at radius 3 is 2.33 bits per heavy atom. The lowest BCUT2D eigenvalue weighted by Crippen LogP contribution is -2.74. The maximum absolute atomic E-state index is 16.2. The van der Waals surface area contributed by atoms with Gasteiger partial charge in [-0.3, -0.25) is 33.8 Å². The van der Waals surface area contributed by atoms with E-state index in [1.54, 1.807) is 0 Å². The van der Waals surface area contributed by atoms with Crippen LogP contribution in [0, 0.1) is 34.9 Å². The standard InChI is InChI=1S/C31H40FN3O7/c1-5-30(8-7-9-30)14-35(6-2)13-16-12-19(36)21-17(23(16)32)10-15-11-18-24(34(3)4)26(38)22(29(33)41)28(40)31(18,42)27(39)20(15)25(21)37/h12,15,18,20,22,24,36,42H,5-11,13-14H2,1-4H3,(H2,33,41)/t15-,18-,20?,22?,24-,31-/m0/s1. The number of phenolic OH excluding ortho intramolecular Hbond substituents is 1. The molecule has 0 aromatic heterocycles. The fraction of sp³-hybridized carbons (Fsp3) is 0.645. The maximum Gasteiger partial charge on any atom is 0.235 e. The third kappa shape index (κ3) is 4.34. The van der Waals surface area contributed by atoms with E-state index in [1.165, 1.54) is 31.5 Å². The van der Waals surface area contributed by atoms with Gasteiger partial charge >= 0.3 is 0 Å². The van der Waals surface area contributed by atoms with Crippen LogP contribution in [-0.4, -0.2) is 87.9 Å². The Kier molecular flexibility index (Phi) is 7.69. The average Bonchev–Trinajstić information content (AvgIpc) is 2.89. The number of halogens is 1. The lowest BCUT2D eigenvalue weighted by atomic mass is 9.52. The molecule has 6 atom stereocenters. The van der Waals surface area contributed by atoms with Crippen molar-refractivity contribution in [3.8, 4) is 5.75 Å². The highest BCUT2D eigenvalue weighted by atomic mass is 19.1. The van der Waals surface area contributed by atoms with Crippen LogP contribution < -0.4 is 5.73 Å². The minimum atomic E-state index is -2.80. The number of Topliss-reactive ketones (excluding diaryl/α,β-unsaturated/α-hetero) is 4. The van der Waals surface area contributed by atoms with Crippen LogP contribution in [0.3, 0.4) is 0 Å². The normalized spacial score (nSPS) is 32.0. The minimum absolute atomic E-state index is 0.00395. The molecule has 0 radical (unpaired) electrons. The molecule has 0 heterocycles. The fourth-order valence-corrected chi connectivity index (χ4v) is 8.12. The zero-order valence-corrected chi connectivity index (χ0v) is 24.6. The summed E-state index contributed by atoms with van der Waals surface area (Å²) in [7, 11) is 3.04. The van der Waals surface area contributed by atoms with Crippen LogP contribution in [0.2, 0.25) is 0 Å². The van der Waals surface area contributed by atoms with Crippen molar-refractivity contribution >= 4 is 29.0 Å². The lowest BCUT2D eigenvalue weighted by Gasteiger charge is -2.52. The minimum Gasteiger partial charge on any atom is -0.507 e. The number of nitrogens with zero attached hydrogens (tertiary/aromatic N) is 2. The first-order valence-electron chi connectivity index (χ1n) is 14.8. The molecule has 5 rings (SSSR count). The number of primary amides is 1. The summed E-state index contributed by atoms with van der Waals surface area (Å²) in [5.74, 6) is -12.2. The highest BCUT2D eigenvalue weighted by Gasteiger charge is 2.69. The third-order valence-electron chi connectivity index (χ3n) is 10.6. The number of phenols is 1. The van der Waals surface area contributed by atoms with Gasteiger partial charge in [0.2, 0.25) is 5.91 Å². The number of carbonyl (C=O) groups is 5. The number of hydrogen-bond acceptors (Lipinski definition) is 9. The molecule has 0 saturated heterocycles. The second kappa shape index (κ2) is 10.6. The van der Waals surface area contributed by atoms with Gasteiger partial charge in [-0.2, -0.15) is 0 Å². The van der Waals surface area contributed by atoms with E-state index in [0.29, 0.717) is 6.54 Å². The topological polar surface area (TPSA) is 158 Å². The molecule has 4 aliphatic rings. The van der Waals surface area contributed by atoms with Crippen molar-refractivity contribution in [1.29, 1.82) is 0 Å². The second-order valence-electron chi connectivity index (χ2n) is 13.0. The predicted molar refractivity (Wildman–Crippen MR) is 149 cm³/mol. The molecule has 10 nitrogen and oxygen atoms in total. The first kappa shape index (κ1) is 30.4. The van der Waals surface area contributed by atoms with E-state index in [4.69, 9.17) is 5.73 Å². The molecule has 1 amide bonds. The molecule has 4 N–H and O–H groups in total. The average molecular weight is 586 g/mol. The summed E-state index contributed by atoms with van der Waals surface area (Å²) in [4.78, 5) is 69.9. The van der Waals surface area contributed by atoms with E-state index in [9.17, 15) is 34.2 Å². The molecule has 4 aliphatic carbocycles. The molecule has 3 saturated carbocycles. The number of aromatic hydroxyl groups is 1. The Bertz CT molecular complexity index is 1370. The van der Waals surface area contributed by atoms with Gasteiger partial charge in [-0.05, 0) is 70.1 Å². The summed E-state index contributed by atoms with van der Waals surface area (Å²) in [5.41, 5.74) is 2.67. The number of hydrogen-bond donors (Lipinski definition) is 3. The first-order chi connectivity index (χ1) is 19.7. The number of rotatable bonds is 8. The van der Waals surface area contributed by atoms with Gasteiger partial charge in [0.05, 0.1) is 17.5 Å². The molecule has 11 heteroatoms.